The molecule has 0 amide bonds. The first-order chi connectivity index (χ1) is 10.3. The standard InChI is InChI=1S/C18H29NO2/c1-4-11-19-13-15-7-5-6-8-16(15)14-9-10-17(20-2)18(12-14)21-3/h9-10,12,15-16,19H,4-8,11,13H2,1-3H3. The molecule has 0 aromatic heterocycles. The number of ether oxygens (including phenoxy) is 2. The lowest BCUT2D eigenvalue weighted by Crippen LogP contribution is -2.30. The Morgan fingerprint density at radius 3 is 2.57 bits per heavy atom. The van der Waals surface area contributed by atoms with E-state index in [4.69, 9.17) is 9.47 Å². The van der Waals surface area contributed by atoms with Crippen molar-refractivity contribution in [2.75, 3.05) is 27.3 Å². The Hall–Kier alpha value is -1.22. The molecule has 0 bridgehead atoms. The third kappa shape index (κ3) is 4.13. The highest BCUT2D eigenvalue weighted by Gasteiger charge is 2.26. The quantitative estimate of drug-likeness (QED) is 0.771. The molecule has 2 rings (SSSR count). The van der Waals surface area contributed by atoms with Crippen LogP contribution in [0.4, 0.5) is 0 Å². The third-order valence-corrected chi connectivity index (χ3v) is 4.58. The zero-order chi connectivity index (χ0) is 15.1. The topological polar surface area (TPSA) is 30.5 Å². The molecule has 21 heavy (non-hydrogen) atoms. The second kappa shape index (κ2) is 8.28. The fraction of sp³-hybridized carbons (Fsp3) is 0.667. The molecule has 1 saturated carbocycles. The van der Waals surface area contributed by atoms with Crippen molar-refractivity contribution in [3.63, 3.8) is 0 Å². The Labute approximate surface area is 129 Å². The zero-order valence-electron chi connectivity index (χ0n) is 13.7. The number of benzene rings is 1. The van der Waals surface area contributed by atoms with E-state index < -0.39 is 0 Å². The Morgan fingerprint density at radius 2 is 1.86 bits per heavy atom. The Kier molecular flexibility index (Phi) is 6.37. The van der Waals surface area contributed by atoms with E-state index in [0.717, 1.165) is 30.5 Å². The highest BCUT2D eigenvalue weighted by atomic mass is 16.5. The van der Waals surface area contributed by atoms with E-state index in [1.807, 2.05) is 6.07 Å². The number of nitrogens with one attached hydrogen (secondary N) is 1. The van der Waals surface area contributed by atoms with Gasteiger partial charge >= 0.3 is 0 Å². The number of methoxy groups -OCH3 is 2. The molecule has 3 heteroatoms. The molecule has 1 aromatic rings. The van der Waals surface area contributed by atoms with E-state index in [-0.39, 0.29) is 0 Å². The molecule has 0 aliphatic heterocycles. The van der Waals surface area contributed by atoms with Crippen LogP contribution in [-0.4, -0.2) is 27.3 Å². The predicted octanol–water partition coefficient (Wildman–Crippen LogP) is 3.98. The minimum Gasteiger partial charge on any atom is -0.493 e. The van der Waals surface area contributed by atoms with Gasteiger partial charge in [0.2, 0.25) is 0 Å². The van der Waals surface area contributed by atoms with E-state index in [1.54, 1.807) is 14.2 Å². The van der Waals surface area contributed by atoms with Gasteiger partial charge in [-0.1, -0.05) is 25.8 Å². The molecular formula is C18H29NO2. The highest BCUT2D eigenvalue weighted by molar-refractivity contribution is 5.44. The molecular weight excluding hydrogens is 262 g/mol. The molecule has 1 N–H and O–H groups in total. The van der Waals surface area contributed by atoms with Crippen molar-refractivity contribution in [2.45, 2.75) is 44.9 Å². The molecule has 3 nitrogen and oxygen atoms in total. The summed E-state index contributed by atoms with van der Waals surface area (Å²) in [6, 6.07) is 6.42. The minimum absolute atomic E-state index is 0.642. The highest BCUT2D eigenvalue weighted by Crippen LogP contribution is 2.40. The van der Waals surface area contributed by atoms with Gasteiger partial charge in [-0.2, -0.15) is 0 Å². The van der Waals surface area contributed by atoms with Gasteiger partial charge in [0.1, 0.15) is 0 Å². The maximum absolute atomic E-state index is 5.46. The van der Waals surface area contributed by atoms with E-state index >= 15 is 0 Å². The van der Waals surface area contributed by atoms with Crippen LogP contribution < -0.4 is 14.8 Å². The summed E-state index contributed by atoms with van der Waals surface area (Å²) in [5, 5.41) is 3.60. The van der Waals surface area contributed by atoms with Crippen molar-refractivity contribution in [3.8, 4) is 11.5 Å². The summed E-state index contributed by atoms with van der Waals surface area (Å²) in [5.41, 5.74) is 1.40. The molecule has 1 aromatic carbocycles. The van der Waals surface area contributed by atoms with Gasteiger partial charge < -0.3 is 14.8 Å². The lowest BCUT2D eigenvalue weighted by atomic mass is 9.75. The van der Waals surface area contributed by atoms with E-state index in [1.165, 1.54) is 37.7 Å². The molecule has 1 fully saturated rings. The van der Waals surface area contributed by atoms with Crippen LogP contribution in [-0.2, 0) is 0 Å². The number of hydrogen-bond donors (Lipinski definition) is 1. The summed E-state index contributed by atoms with van der Waals surface area (Å²) >= 11 is 0. The number of hydrogen-bond acceptors (Lipinski definition) is 3. The van der Waals surface area contributed by atoms with Crippen molar-refractivity contribution >= 4 is 0 Å². The summed E-state index contributed by atoms with van der Waals surface area (Å²) in [4.78, 5) is 0. The largest absolute Gasteiger partial charge is 0.493 e. The average molecular weight is 291 g/mol. The van der Waals surface area contributed by atoms with Gasteiger partial charge in [0.25, 0.3) is 0 Å². The van der Waals surface area contributed by atoms with Gasteiger partial charge in [-0.25, -0.2) is 0 Å². The molecule has 0 heterocycles. The first kappa shape index (κ1) is 16.2. The zero-order valence-corrected chi connectivity index (χ0v) is 13.7. The van der Waals surface area contributed by atoms with Crippen molar-refractivity contribution in [2.24, 2.45) is 5.92 Å². The van der Waals surface area contributed by atoms with Gasteiger partial charge in [0.15, 0.2) is 11.5 Å². The molecule has 1 aliphatic carbocycles. The van der Waals surface area contributed by atoms with Crippen LogP contribution in [0.3, 0.4) is 0 Å². The molecule has 0 radical (unpaired) electrons. The van der Waals surface area contributed by atoms with Crippen LogP contribution in [0, 0.1) is 5.92 Å². The Balaban J connectivity index is 2.12. The summed E-state index contributed by atoms with van der Waals surface area (Å²) in [6.07, 6.45) is 6.52. The second-order valence-electron chi connectivity index (χ2n) is 5.97. The first-order valence-electron chi connectivity index (χ1n) is 8.22. The molecule has 0 spiro atoms. The molecule has 0 saturated heterocycles. The summed E-state index contributed by atoms with van der Waals surface area (Å²) < 4.78 is 10.8. The summed E-state index contributed by atoms with van der Waals surface area (Å²) in [7, 11) is 3.40. The lowest BCUT2D eigenvalue weighted by molar-refractivity contribution is 0.294. The first-order valence-corrected chi connectivity index (χ1v) is 8.22. The maximum atomic E-state index is 5.46. The lowest BCUT2D eigenvalue weighted by Gasteiger charge is -2.32. The van der Waals surface area contributed by atoms with Crippen LogP contribution in [0.2, 0.25) is 0 Å². The van der Waals surface area contributed by atoms with Crippen molar-refractivity contribution in [1.29, 1.82) is 0 Å². The van der Waals surface area contributed by atoms with Crippen LogP contribution in [0.25, 0.3) is 0 Å². The van der Waals surface area contributed by atoms with Gasteiger partial charge in [0.05, 0.1) is 14.2 Å². The van der Waals surface area contributed by atoms with Crippen molar-refractivity contribution in [1.82, 2.24) is 5.32 Å². The van der Waals surface area contributed by atoms with Crippen LogP contribution in [0.1, 0.15) is 50.5 Å². The molecule has 118 valence electrons. The van der Waals surface area contributed by atoms with E-state index in [2.05, 4.69) is 24.4 Å². The smallest absolute Gasteiger partial charge is 0.160 e. The normalized spacial score (nSPS) is 22.0. The Bertz CT molecular complexity index is 433. The summed E-state index contributed by atoms with van der Waals surface area (Å²) in [6.45, 7) is 4.47. The van der Waals surface area contributed by atoms with Crippen molar-refractivity contribution < 1.29 is 9.47 Å². The van der Waals surface area contributed by atoms with Gasteiger partial charge in [0, 0.05) is 0 Å². The Morgan fingerprint density at radius 1 is 1.10 bits per heavy atom. The van der Waals surface area contributed by atoms with Crippen LogP contribution in [0.5, 0.6) is 11.5 Å². The fourth-order valence-electron chi connectivity index (χ4n) is 3.44. The second-order valence-corrected chi connectivity index (χ2v) is 5.97. The van der Waals surface area contributed by atoms with Gasteiger partial charge in [-0.15, -0.1) is 0 Å². The van der Waals surface area contributed by atoms with E-state index in [0.29, 0.717) is 5.92 Å². The maximum Gasteiger partial charge on any atom is 0.160 e. The SMILES string of the molecule is CCCNCC1CCCCC1c1ccc(OC)c(OC)c1. The molecule has 1 aliphatic rings. The summed E-state index contributed by atoms with van der Waals surface area (Å²) in [5.74, 6) is 3.05. The monoisotopic (exact) mass is 291 g/mol. The van der Waals surface area contributed by atoms with Crippen molar-refractivity contribution in [3.05, 3.63) is 23.8 Å². The minimum atomic E-state index is 0.642. The molecule has 2 atom stereocenters. The van der Waals surface area contributed by atoms with Gasteiger partial charge in [-0.05, 0) is 61.9 Å². The van der Waals surface area contributed by atoms with Crippen LogP contribution in [0.15, 0.2) is 18.2 Å². The third-order valence-electron chi connectivity index (χ3n) is 4.58. The fourth-order valence-corrected chi connectivity index (χ4v) is 3.44. The number of rotatable bonds is 7. The molecule has 2 unspecified atom stereocenters. The van der Waals surface area contributed by atoms with E-state index in [9.17, 15) is 0 Å². The van der Waals surface area contributed by atoms with Gasteiger partial charge in [-0.3, -0.25) is 0 Å². The van der Waals surface area contributed by atoms with Crippen LogP contribution >= 0.6 is 0 Å². The average Bonchev–Trinajstić information content (AvgIpc) is 2.55. The predicted molar refractivity (Wildman–Crippen MR) is 87.4 cm³/mol.